The third-order valence-electron chi connectivity index (χ3n) is 16.1. The van der Waals surface area contributed by atoms with Gasteiger partial charge in [0.25, 0.3) is 0 Å². The normalized spacial score (nSPS) is 12.8. The van der Waals surface area contributed by atoms with E-state index in [2.05, 4.69) is 67.8 Å². The molecule has 0 saturated heterocycles. The zero-order valence-corrected chi connectivity index (χ0v) is 52.4. The number of hydrogen-bond donors (Lipinski definition) is 3. The fourth-order valence-electron chi connectivity index (χ4n) is 10.8. The van der Waals surface area contributed by atoms with Crippen LogP contribution in [0.15, 0.2) is 48.6 Å². The molecule has 1 amide bonds. The molecule has 0 aromatic carbocycles. The number of unbranched alkanes of at least 4 members (excludes halogenated alkanes) is 46. The Morgan fingerprint density at radius 1 is 0.359 bits per heavy atom. The minimum Gasteiger partial charge on any atom is -0.466 e. The summed E-state index contributed by atoms with van der Waals surface area (Å²) in [6.07, 6.45) is 87.4. The summed E-state index contributed by atoms with van der Waals surface area (Å²) >= 11 is 0. The third-order valence-corrected chi connectivity index (χ3v) is 16.1. The molecule has 2 unspecified atom stereocenters. The lowest BCUT2D eigenvalue weighted by molar-refractivity contribution is -0.143. The van der Waals surface area contributed by atoms with Gasteiger partial charge in [0.15, 0.2) is 0 Å². The van der Waals surface area contributed by atoms with E-state index in [1.165, 1.54) is 283 Å². The van der Waals surface area contributed by atoms with Crippen LogP contribution < -0.4 is 5.32 Å². The van der Waals surface area contributed by atoms with E-state index in [-0.39, 0.29) is 18.5 Å². The van der Waals surface area contributed by atoms with Gasteiger partial charge in [-0.1, -0.05) is 319 Å². The molecule has 0 saturated carbocycles. The molecule has 3 N–H and O–H groups in total. The first-order valence-corrected chi connectivity index (χ1v) is 34.9. The monoisotopic (exact) mass is 1090 g/mol. The molecule has 0 radical (unpaired) electrons. The smallest absolute Gasteiger partial charge is 0.305 e. The summed E-state index contributed by atoms with van der Waals surface area (Å²) in [5, 5.41) is 23.2. The van der Waals surface area contributed by atoms with Gasteiger partial charge >= 0.3 is 5.97 Å². The van der Waals surface area contributed by atoms with Crippen molar-refractivity contribution in [3.63, 3.8) is 0 Å². The molecular weight excluding hydrogens is 959 g/mol. The number of carbonyl (C=O) groups excluding carboxylic acids is 2. The van der Waals surface area contributed by atoms with Crippen molar-refractivity contribution in [2.24, 2.45) is 0 Å². The minimum absolute atomic E-state index is 0.00639. The molecule has 6 nitrogen and oxygen atoms in total. The molecule has 0 bridgehead atoms. The number of aliphatic hydroxyl groups excluding tert-OH is 2. The van der Waals surface area contributed by atoms with Crippen LogP contribution in [0, 0.1) is 0 Å². The fourth-order valence-corrected chi connectivity index (χ4v) is 10.8. The van der Waals surface area contributed by atoms with Crippen LogP contribution >= 0.6 is 0 Å². The molecule has 0 spiro atoms. The molecule has 0 heterocycles. The van der Waals surface area contributed by atoms with E-state index in [0.29, 0.717) is 25.9 Å². The van der Waals surface area contributed by atoms with E-state index in [1.807, 2.05) is 0 Å². The van der Waals surface area contributed by atoms with Gasteiger partial charge in [-0.15, -0.1) is 0 Å². The predicted octanol–water partition coefficient (Wildman–Crippen LogP) is 22.5. The first-order chi connectivity index (χ1) is 38.5. The maximum absolute atomic E-state index is 12.5. The number of allylic oxidation sites excluding steroid dienone is 8. The zero-order valence-electron chi connectivity index (χ0n) is 52.4. The lowest BCUT2D eigenvalue weighted by Gasteiger charge is -2.22. The Morgan fingerprint density at radius 3 is 1.00 bits per heavy atom. The molecule has 0 aliphatic carbocycles. The molecule has 0 aliphatic heterocycles. The average molecular weight is 1090 g/mol. The summed E-state index contributed by atoms with van der Waals surface area (Å²) in [6, 6.07) is -0.539. The number of nitrogens with one attached hydrogen (secondary N) is 1. The molecule has 78 heavy (non-hydrogen) atoms. The summed E-state index contributed by atoms with van der Waals surface area (Å²) in [4.78, 5) is 24.5. The van der Waals surface area contributed by atoms with Gasteiger partial charge in [0.05, 0.1) is 25.4 Å². The Kier molecular flexibility index (Phi) is 65.4. The molecule has 458 valence electrons. The highest BCUT2D eigenvalue weighted by atomic mass is 16.5. The number of ether oxygens (including phenoxy) is 1. The summed E-state index contributed by atoms with van der Waals surface area (Å²) in [5.41, 5.74) is 0. The lowest BCUT2D eigenvalue weighted by Crippen LogP contribution is -2.45. The molecule has 0 aromatic heterocycles. The first kappa shape index (κ1) is 75.8. The van der Waals surface area contributed by atoms with E-state index in [0.717, 1.165) is 57.8 Å². The van der Waals surface area contributed by atoms with E-state index >= 15 is 0 Å². The van der Waals surface area contributed by atoms with E-state index in [1.54, 1.807) is 0 Å². The van der Waals surface area contributed by atoms with E-state index in [4.69, 9.17) is 4.74 Å². The van der Waals surface area contributed by atoms with Gasteiger partial charge in [-0.3, -0.25) is 9.59 Å². The standard InChI is InChI=1S/C72H135NO5/c1-3-5-7-9-11-13-15-16-17-35-39-42-46-50-54-58-62-66-72(77)78-67-63-59-55-51-47-43-40-37-34-32-30-28-26-24-22-20-18-19-21-23-25-27-29-31-33-36-38-41-45-49-53-57-61-65-71(76)73-69(68-74)70(75)64-60-56-52-48-44-14-12-10-8-6-4-2/h11,13,16-17,22,24,28,30,69-70,74-75H,3-10,12,14-15,18-21,23,25-27,29,31-68H2,1-2H3,(H,73,76)/b13-11-,17-16-,24-22-,30-28-. The molecule has 0 rings (SSSR count). The highest BCUT2D eigenvalue weighted by Crippen LogP contribution is 2.18. The Labute approximate surface area is 486 Å². The third kappa shape index (κ3) is 63.0. The van der Waals surface area contributed by atoms with Crippen molar-refractivity contribution >= 4 is 11.9 Å². The molecule has 6 heteroatoms. The predicted molar refractivity (Wildman–Crippen MR) is 342 cm³/mol. The summed E-state index contributed by atoms with van der Waals surface area (Å²) in [5.74, 6) is -0.0266. The van der Waals surface area contributed by atoms with Crippen LogP contribution in [-0.4, -0.2) is 47.4 Å². The Morgan fingerprint density at radius 2 is 0.641 bits per heavy atom. The van der Waals surface area contributed by atoms with E-state index < -0.39 is 12.1 Å². The van der Waals surface area contributed by atoms with Crippen molar-refractivity contribution in [2.45, 2.75) is 386 Å². The van der Waals surface area contributed by atoms with Crippen molar-refractivity contribution in [1.82, 2.24) is 5.32 Å². The topological polar surface area (TPSA) is 95.9 Å². The second-order valence-electron chi connectivity index (χ2n) is 23.9. The number of esters is 1. The Balaban J connectivity index is 3.36. The van der Waals surface area contributed by atoms with Crippen LogP contribution in [0.4, 0.5) is 0 Å². The van der Waals surface area contributed by atoms with Crippen LogP contribution in [0.3, 0.4) is 0 Å². The summed E-state index contributed by atoms with van der Waals surface area (Å²) < 4.78 is 5.49. The van der Waals surface area contributed by atoms with Crippen molar-refractivity contribution in [2.75, 3.05) is 13.2 Å². The maximum atomic E-state index is 12.5. The quantitative estimate of drug-likeness (QED) is 0.0320. The van der Waals surface area contributed by atoms with Gasteiger partial charge < -0.3 is 20.3 Å². The zero-order chi connectivity index (χ0) is 56.4. The van der Waals surface area contributed by atoms with Crippen LogP contribution in [-0.2, 0) is 14.3 Å². The van der Waals surface area contributed by atoms with Gasteiger partial charge in [0.2, 0.25) is 5.91 Å². The minimum atomic E-state index is -0.662. The first-order valence-electron chi connectivity index (χ1n) is 34.9. The van der Waals surface area contributed by atoms with Crippen molar-refractivity contribution in [1.29, 1.82) is 0 Å². The SMILES string of the molecule is CCCCC/C=C\C/C=C\CCCCCCCCCC(=O)OCCCCCCCCCCC/C=C\C/C=C\CCCCCCCCCCCCCCCCCCCC(=O)NC(CO)C(O)CCCCCCCCCCCCC. The molecule has 0 aromatic rings. The van der Waals surface area contributed by atoms with Crippen LogP contribution in [0.1, 0.15) is 373 Å². The van der Waals surface area contributed by atoms with E-state index in [9.17, 15) is 19.8 Å². The number of aliphatic hydroxyl groups is 2. The van der Waals surface area contributed by atoms with Crippen molar-refractivity contribution < 1.29 is 24.5 Å². The molecular formula is C72H135NO5. The molecule has 0 fully saturated rings. The molecule has 2 atom stereocenters. The highest BCUT2D eigenvalue weighted by Gasteiger charge is 2.20. The largest absolute Gasteiger partial charge is 0.466 e. The number of carbonyl (C=O) groups is 2. The van der Waals surface area contributed by atoms with Crippen LogP contribution in [0.2, 0.25) is 0 Å². The van der Waals surface area contributed by atoms with Gasteiger partial charge in [0.1, 0.15) is 0 Å². The van der Waals surface area contributed by atoms with Gasteiger partial charge in [0, 0.05) is 12.8 Å². The average Bonchev–Trinajstić information content (AvgIpc) is 3.44. The van der Waals surface area contributed by atoms with Crippen LogP contribution in [0.5, 0.6) is 0 Å². The number of rotatable bonds is 65. The summed E-state index contributed by atoms with van der Waals surface area (Å²) in [6.45, 7) is 4.93. The van der Waals surface area contributed by atoms with Gasteiger partial charge in [-0.25, -0.2) is 0 Å². The fraction of sp³-hybridized carbons (Fsp3) is 0.861. The lowest BCUT2D eigenvalue weighted by atomic mass is 10.0. The van der Waals surface area contributed by atoms with Crippen LogP contribution in [0.25, 0.3) is 0 Å². The molecule has 0 aliphatic rings. The Hall–Kier alpha value is -2.18. The Bertz CT molecular complexity index is 1310. The van der Waals surface area contributed by atoms with Crippen molar-refractivity contribution in [3.05, 3.63) is 48.6 Å². The number of hydrogen-bond acceptors (Lipinski definition) is 5. The number of amides is 1. The van der Waals surface area contributed by atoms with Gasteiger partial charge in [-0.05, 0) is 89.9 Å². The highest BCUT2D eigenvalue weighted by molar-refractivity contribution is 5.76. The maximum Gasteiger partial charge on any atom is 0.305 e. The second kappa shape index (κ2) is 67.3. The summed E-state index contributed by atoms with van der Waals surface area (Å²) in [7, 11) is 0. The second-order valence-corrected chi connectivity index (χ2v) is 23.9. The van der Waals surface area contributed by atoms with Gasteiger partial charge in [-0.2, -0.15) is 0 Å². The van der Waals surface area contributed by atoms with Crippen molar-refractivity contribution in [3.8, 4) is 0 Å².